The van der Waals surface area contributed by atoms with Gasteiger partial charge in [0.25, 0.3) is 0 Å². The van der Waals surface area contributed by atoms with Crippen LogP contribution in [0, 0.1) is 5.92 Å². The van der Waals surface area contributed by atoms with Crippen molar-refractivity contribution in [3.8, 4) is 5.69 Å². The summed E-state index contributed by atoms with van der Waals surface area (Å²) < 4.78 is 8.70. The molecule has 0 N–H and O–H groups in total. The van der Waals surface area contributed by atoms with E-state index in [1.165, 1.54) is 0 Å². The maximum absolute atomic E-state index is 13.0. The molecule has 0 spiro atoms. The Balaban J connectivity index is 1.40. The smallest absolute Gasteiger partial charge is 0.227 e. The lowest BCUT2D eigenvalue weighted by molar-refractivity contribution is -0.141. The van der Waals surface area contributed by atoms with E-state index in [9.17, 15) is 4.79 Å². The third-order valence-electron chi connectivity index (χ3n) is 6.24. The van der Waals surface area contributed by atoms with E-state index in [0.29, 0.717) is 26.3 Å². The molecule has 1 aromatic heterocycles. The van der Waals surface area contributed by atoms with E-state index in [4.69, 9.17) is 9.72 Å². The Morgan fingerprint density at radius 1 is 1.10 bits per heavy atom. The Morgan fingerprint density at radius 3 is 2.77 bits per heavy atom. The van der Waals surface area contributed by atoms with Crippen molar-refractivity contribution < 1.29 is 9.53 Å². The summed E-state index contributed by atoms with van der Waals surface area (Å²) in [5.41, 5.74) is 3.19. The van der Waals surface area contributed by atoms with E-state index in [-0.39, 0.29) is 11.8 Å². The topological polar surface area (TPSA) is 50.6 Å². The van der Waals surface area contributed by atoms with Crippen molar-refractivity contribution in [3.63, 3.8) is 0 Å². The highest BCUT2D eigenvalue weighted by Crippen LogP contribution is 2.26. The van der Waals surface area contributed by atoms with Crippen molar-refractivity contribution in [2.45, 2.75) is 19.4 Å². The van der Waals surface area contributed by atoms with Crippen LogP contribution in [0.15, 0.2) is 53.0 Å². The zero-order chi connectivity index (χ0) is 21.2. The van der Waals surface area contributed by atoms with Gasteiger partial charge in [0.1, 0.15) is 5.82 Å². The number of hydrogen-bond acceptors (Lipinski definition) is 4. The Labute approximate surface area is 190 Å². The van der Waals surface area contributed by atoms with Crippen LogP contribution < -0.4 is 0 Å². The van der Waals surface area contributed by atoms with Crippen LogP contribution in [0.3, 0.4) is 0 Å². The molecule has 1 amide bonds. The first-order chi connectivity index (χ1) is 15.2. The Morgan fingerprint density at radius 2 is 1.94 bits per heavy atom. The predicted molar refractivity (Wildman–Crippen MR) is 124 cm³/mol. The van der Waals surface area contributed by atoms with Gasteiger partial charge in [0.05, 0.1) is 36.7 Å². The highest BCUT2D eigenvalue weighted by atomic mass is 79.9. The molecule has 2 aliphatic heterocycles. The molecule has 2 saturated heterocycles. The molecular weight excluding hydrogens is 456 g/mol. The number of hydrogen-bond donors (Lipinski definition) is 0. The second-order valence-corrected chi connectivity index (χ2v) is 9.26. The zero-order valence-electron chi connectivity index (χ0n) is 17.5. The van der Waals surface area contributed by atoms with Crippen LogP contribution in [0.5, 0.6) is 0 Å². The predicted octanol–water partition coefficient (Wildman–Crippen LogP) is 3.86. The highest BCUT2D eigenvalue weighted by Gasteiger charge is 2.30. The van der Waals surface area contributed by atoms with E-state index < -0.39 is 0 Å². The number of likely N-dealkylation sites (tertiary alicyclic amines) is 1. The number of rotatable bonds is 4. The minimum absolute atomic E-state index is 0.0653. The van der Waals surface area contributed by atoms with Gasteiger partial charge in [0, 0.05) is 29.8 Å². The lowest BCUT2D eigenvalue weighted by atomic mass is 9.96. The van der Waals surface area contributed by atoms with Crippen molar-refractivity contribution in [2.75, 3.05) is 39.4 Å². The second-order valence-electron chi connectivity index (χ2n) is 8.34. The molecule has 2 aromatic carbocycles. The van der Waals surface area contributed by atoms with Crippen LogP contribution in [-0.2, 0) is 16.1 Å². The van der Waals surface area contributed by atoms with Gasteiger partial charge in [-0.05, 0) is 49.7 Å². The van der Waals surface area contributed by atoms with Crippen molar-refractivity contribution in [2.24, 2.45) is 5.92 Å². The maximum Gasteiger partial charge on any atom is 0.227 e. The molecule has 0 radical (unpaired) electrons. The molecule has 5 rings (SSSR count). The van der Waals surface area contributed by atoms with Crippen LogP contribution in [0.4, 0.5) is 0 Å². The number of halogens is 1. The Bertz CT molecular complexity index is 1080. The van der Waals surface area contributed by atoms with E-state index in [2.05, 4.69) is 61.8 Å². The average molecular weight is 483 g/mol. The minimum Gasteiger partial charge on any atom is -0.378 e. The number of carbonyl (C=O) groups is 1. The van der Waals surface area contributed by atoms with Crippen molar-refractivity contribution >= 4 is 32.9 Å². The van der Waals surface area contributed by atoms with Gasteiger partial charge in [-0.3, -0.25) is 14.3 Å². The van der Waals surface area contributed by atoms with Gasteiger partial charge in [0.2, 0.25) is 5.91 Å². The second kappa shape index (κ2) is 9.10. The molecule has 3 heterocycles. The molecule has 2 aliphatic rings. The van der Waals surface area contributed by atoms with Gasteiger partial charge < -0.3 is 9.64 Å². The standard InChI is InChI=1S/C24H27BrN4O2/c25-19-6-3-7-20(15-19)29-22-9-2-1-8-21(22)26-23(29)17-27-10-4-5-18(16-27)24(30)28-11-13-31-14-12-28/h1-3,6-9,15,18H,4-5,10-14,16-17H2/t18-/m0/s1. The summed E-state index contributed by atoms with van der Waals surface area (Å²) in [4.78, 5) is 22.4. The number of ether oxygens (including phenoxy) is 1. The fourth-order valence-electron chi connectivity index (χ4n) is 4.73. The van der Waals surface area contributed by atoms with E-state index in [1.54, 1.807) is 0 Å². The number of para-hydroxylation sites is 2. The number of carbonyl (C=O) groups excluding carboxylic acids is 1. The van der Waals surface area contributed by atoms with Gasteiger partial charge >= 0.3 is 0 Å². The SMILES string of the molecule is O=C([C@H]1CCCN(Cc2nc3ccccc3n2-c2cccc(Br)c2)C1)N1CCOCC1. The molecule has 1 atom stereocenters. The molecule has 0 aliphatic carbocycles. The van der Waals surface area contributed by atoms with E-state index >= 15 is 0 Å². The molecule has 3 aromatic rings. The van der Waals surface area contributed by atoms with Crippen LogP contribution >= 0.6 is 15.9 Å². The van der Waals surface area contributed by atoms with Crippen molar-refractivity contribution in [1.82, 2.24) is 19.4 Å². The first-order valence-electron chi connectivity index (χ1n) is 11.0. The maximum atomic E-state index is 13.0. The summed E-state index contributed by atoms with van der Waals surface area (Å²) in [5, 5.41) is 0. The Hall–Kier alpha value is -2.22. The molecule has 0 bridgehead atoms. The molecule has 162 valence electrons. The van der Waals surface area contributed by atoms with Gasteiger partial charge in [-0.15, -0.1) is 0 Å². The number of fused-ring (bicyclic) bond motifs is 1. The molecule has 0 unspecified atom stereocenters. The summed E-state index contributed by atoms with van der Waals surface area (Å²) in [6, 6.07) is 16.6. The number of morpholine rings is 1. The fourth-order valence-corrected chi connectivity index (χ4v) is 5.12. The van der Waals surface area contributed by atoms with E-state index in [0.717, 1.165) is 59.5 Å². The number of imidazole rings is 1. The van der Waals surface area contributed by atoms with Crippen LogP contribution in [0.2, 0.25) is 0 Å². The lowest BCUT2D eigenvalue weighted by Crippen LogP contribution is -2.48. The summed E-state index contributed by atoms with van der Waals surface area (Å²) in [6.07, 6.45) is 2.01. The fraction of sp³-hybridized carbons (Fsp3) is 0.417. The van der Waals surface area contributed by atoms with Gasteiger partial charge in [-0.2, -0.15) is 0 Å². The normalized spacial score (nSPS) is 20.3. The Kier molecular flexibility index (Phi) is 6.07. The number of piperidine rings is 1. The van der Waals surface area contributed by atoms with Crippen molar-refractivity contribution in [3.05, 3.63) is 58.8 Å². The number of benzene rings is 2. The summed E-state index contributed by atoms with van der Waals surface area (Å²) in [7, 11) is 0. The van der Waals surface area contributed by atoms with Crippen LogP contribution in [0.25, 0.3) is 16.7 Å². The lowest BCUT2D eigenvalue weighted by Gasteiger charge is -2.36. The average Bonchev–Trinajstić information content (AvgIpc) is 3.17. The van der Waals surface area contributed by atoms with Gasteiger partial charge in [-0.25, -0.2) is 4.98 Å². The number of nitrogens with zero attached hydrogens (tertiary/aromatic N) is 4. The van der Waals surface area contributed by atoms with Crippen molar-refractivity contribution in [1.29, 1.82) is 0 Å². The van der Waals surface area contributed by atoms with E-state index in [1.807, 2.05) is 17.0 Å². The third kappa shape index (κ3) is 4.40. The van der Waals surface area contributed by atoms with Gasteiger partial charge in [-0.1, -0.05) is 34.1 Å². The summed E-state index contributed by atoms with van der Waals surface area (Å²) in [5.74, 6) is 1.36. The van der Waals surface area contributed by atoms with Crippen LogP contribution in [-0.4, -0.2) is 64.7 Å². The quantitative estimate of drug-likeness (QED) is 0.566. The third-order valence-corrected chi connectivity index (χ3v) is 6.73. The number of aromatic nitrogens is 2. The summed E-state index contributed by atoms with van der Waals surface area (Å²) >= 11 is 3.60. The van der Waals surface area contributed by atoms with Crippen LogP contribution in [0.1, 0.15) is 18.7 Å². The largest absolute Gasteiger partial charge is 0.378 e. The highest BCUT2D eigenvalue weighted by molar-refractivity contribution is 9.10. The molecule has 31 heavy (non-hydrogen) atoms. The number of amides is 1. The first kappa shape index (κ1) is 20.7. The van der Waals surface area contributed by atoms with Gasteiger partial charge in [0.15, 0.2) is 0 Å². The molecule has 6 nitrogen and oxygen atoms in total. The molecular formula is C24H27BrN4O2. The first-order valence-corrected chi connectivity index (χ1v) is 11.8. The molecule has 7 heteroatoms. The minimum atomic E-state index is 0.0653. The monoisotopic (exact) mass is 482 g/mol. The molecule has 2 fully saturated rings. The zero-order valence-corrected chi connectivity index (χ0v) is 19.1. The molecule has 0 saturated carbocycles. The summed E-state index contributed by atoms with van der Waals surface area (Å²) in [6.45, 7) is 5.25.